The second kappa shape index (κ2) is 12.6. The van der Waals surface area contributed by atoms with Crippen LogP contribution >= 0.6 is 11.6 Å². The smallest absolute Gasteiger partial charge is 0.244 e. The molecule has 3 rings (SSSR count). The van der Waals surface area contributed by atoms with Crippen LogP contribution in [0.25, 0.3) is 0 Å². The van der Waals surface area contributed by atoms with E-state index in [4.69, 9.17) is 11.6 Å². The predicted octanol–water partition coefficient (Wildman–Crippen LogP) is 4.17. The normalized spacial score (nSPS) is 15.0. The largest absolute Gasteiger partial charge is 0.352 e. The molecule has 0 saturated heterocycles. The number of amides is 2. The van der Waals surface area contributed by atoms with E-state index in [1.54, 1.807) is 43.3 Å². The first-order valence-electron chi connectivity index (χ1n) is 12.4. The van der Waals surface area contributed by atoms with Gasteiger partial charge in [-0.05, 0) is 56.5 Å². The Morgan fingerprint density at radius 1 is 1.05 bits per heavy atom. The van der Waals surface area contributed by atoms with Crippen molar-refractivity contribution in [1.82, 2.24) is 10.2 Å². The average Bonchev–Trinajstić information content (AvgIpc) is 2.86. The SMILES string of the molecule is CC(=O)c1cccc(N(CC(=O)N(Cc2ccc(Cl)cc2)[C@@H](C)C(=O)NC2CCCCC2)S(C)(=O)=O)c1. The molecular weight excluding hydrogens is 514 g/mol. The van der Waals surface area contributed by atoms with E-state index < -0.39 is 28.5 Å². The number of sulfonamides is 1. The first-order valence-corrected chi connectivity index (χ1v) is 14.6. The van der Waals surface area contributed by atoms with Crippen molar-refractivity contribution in [3.63, 3.8) is 0 Å². The molecule has 0 unspecified atom stereocenters. The zero-order valence-electron chi connectivity index (χ0n) is 21.4. The molecule has 1 aliphatic rings. The van der Waals surface area contributed by atoms with Crippen LogP contribution in [0.5, 0.6) is 0 Å². The van der Waals surface area contributed by atoms with E-state index in [2.05, 4.69) is 5.32 Å². The number of halogens is 1. The molecule has 2 aromatic carbocycles. The van der Waals surface area contributed by atoms with Gasteiger partial charge in [0.2, 0.25) is 21.8 Å². The van der Waals surface area contributed by atoms with E-state index in [9.17, 15) is 22.8 Å². The molecule has 10 heteroatoms. The van der Waals surface area contributed by atoms with Crippen LogP contribution in [-0.2, 0) is 26.2 Å². The van der Waals surface area contributed by atoms with E-state index in [0.29, 0.717) is 10.6 Å². The van der Waals surface area contributed by atoms with Crippen LogP contribution in [0.15, 0.2) is 48.5 Å². The second-order valence-corrected chi connectivity index (χ2v) is 11.9. The molecule has 8 nitrogen and oxygen atoms in total. The lowest BCUT2D eigenvalue weighted by atomic mass is 9.95. The summed E-state index contributed by atoms with van der Waals surface area (Å²) >= 11 is 6.01. The number of ketones is 1. The van der Waals surface area contributed by atoms with Crippen LogP contribution < -0.4 is 9.62 Å². The van der Waals surface area contributed by atoms with Crippen molar-refractivity contribution >= 4 is 44.9 Å². The predicted molar refractivity (Wildman–Crippen MR) is 145 cm³/mol. The van der Waals surface area contributed by atoms with Crippen molar-refractivity contribution in [3.8, 4) is 0 Å². The van der Waals surface area contributed by atoms with Crippen molar-refractivity contribution in [2.75, 3.05) is 17.1 Å². The summed E-state index contributed by atoms with van der Waals surface area (Å²) in [7, 11) is -3.88. The van der Waals surface area contributed by atoms with Gasteiger partial charge in [-0.1, -0.05) is 55.1 Å². The van der Waals surface area contributed by atoms with Gasteiger partial charge in [-0.15, -0.1) is 0 Å². The van der Waals surface area contributed by atoms with Crippen molar-refractivity contribution in [2.45, 2.75) is 64.6 Å². The Balaban J connectivity index is 1.89. The maximum Gasteiger partial charge on any atom is 0.244 e. The van der Waals surface area contributed by atoms with E-state index in [-0.39, 0.29) is 30.0 Å². The van der Waals surface area contributed by atoms with E-state index >= 15 is 0 Å². The zero-order valence-corrected chi connectivity index (χ0v) is 23.0. The standard InChI is InChI=1S/C27H34ClN3O5S/c1-19(27(34)29-24-9-5-4-6-10-24)30(17-21-12-14-23(28)15-13-21)26(33)18-31(37(3,35)36)25-11-7-8-22(16-25)20(2)32/h7-8,11-16,19,24H,4-6,9-10,17-18H2,1-3H3,(H,29,34)/t19-/m0/s1. The molecule has 1 aliphatic carbocycles. The van der Waals surface area contributed by atoms with E-state index in [1.807, 2.05) is 0 Å². The van der Waals surface area contributed by atoms with Gasteiger partial charge in [-0.3, -0.25) is 18.7 Å². The molecule has 0 radical (unpaired) electrons. The van der Waals surface area contributed by atoms with Gasteiger partial charge in [0.25, 0.3) is 0 Å². The number of carbonyl (C=O) groups excluding carboxylic acids is 3. The fourth-order valence-corrected chi connectivity index (χ4v) is 5.40. The number of carbonyl (C=O) groups is 3. The minimum absolute atomic E-state index is 0.0676. The van der Waals surface area contributed by atoms with Gasteiger partial charge in [-0.25, -0.2) is 8.42 Å². The van der Waals surface area contributed by atoms with Gasteiger partial charge < -0.3 is 10.2 Å². The van der Waals surface area contributed by atoms with Crippen molar-refractivity contribution in [3.05, 3.63) is 64.7 Å². The molecule has 1 N–H and O–H groups in total. The number of nitrogens with zero attached hydrogens (tertiary/aromatic N) is 2. The fraction of sp³-hybridized carbons (Fsp3) is 0.444. The monoisotopic (exact) mass is 547 g/mol. The molecule has 0 spiro atoms. The Labute approximate surface area is 224 Å². The number of benzene rings is 2. The van der Waals surface area contributed by atoms with Gasteiger partial charge in [0, 0.05) is 23.2 Å². The highest BCUT2D eigenvalue weighted by molar-refractivity contribution is 7.92. The lowest BCUT2D eigenvalue weighted by molar-refractivity contribution is -0.139. The van der Waals surface area contributed by atoms with Crippen LogP contribution in [0.2, 0.25) is 5.02 Å². The summed E-state index contributed by atoms with van der Waals surface area (Å²) in [5.41, 5.74) is 1.28. The Morgan fingerprint density at radius 3 is 2.30 bits per heavy atom. The van der Waals surface area contributed by atoms with Crippen molar-refractivity contribution in [2.24, 2.45) is 0 Å². The van der Waals surface area contributed by atoms with Crippen LogP contribution in [-0.4, -0.2) is 55.8 Å². The molecule has 0 aromatic heterocycles. The number of rotatable bonds is 10. The van der Waals surface area contributed by atoms with Crippen LogP contribution in [0, 0.1) is 0 Å². The number of nitrogens with one attached hydrogen (secondary N) is 1. The summed E-state index contributed by atoms with van der Waals surface area (Å²) in [5.74, 6) is -1.04. The summed E-state index contributed by atoms with van der Waals surface area (Å²) in [6.07, 6.45) is 6.05. The molecule has 0 bridgehead atoms. The molecule has 1 saturated carbocycles. The molecular formula is C27H34ClN3O5S. The third kappa shape index (κ3) is 8.04. The molecule has 0 aliphatic heterocycles. The van der Waals surface area contributed by atoms with Gasteiger partial charge in [0.05, 0.1) is 11.9 Å². The maximum absolute atomic E-state index is 13.6. The lowest BCUT2D eigenvalue weighted by Gasteiger charge is -2.33. The maximum atomic E-state index is 13.6. The number of hydrogen-bond acceptors (Lipinski definition) is 5. The van der Waals surface area contributed by atoms with Crippen LogP contribution in [0.1, 0.15) is 61.9 Å². The number of Topliss-reactive ketones (excluding diaryl/α,β-unsaturated/α-hetero) is 1. The number of anilines is 1. The van der Waals surface area contributed by atoms with Crippen molar-refractivity contribution in [1.29, 1.82) is 0 Å². The fourth-order valence-electron chi connectivity index (χ4n) is 4.43. The minimum atomic E-state index is -3.88. The quantitative estimate of drug-likeness (QED) is 0.449. The summed E-state index contributed by atoms with van der Waals surface area (Å²) < 4.78 is 26.4. The molecule has 2 amide bonds. The molecule has 200 valence electrons. The first kappa shape index (κ1) is 28.7. The second-order valence-electron chi connectivity index (χ2n) is 9.54. The molecule has 37 heavy (non-hydrogen) atoms. The summed E-state index contributed by atoms with van der Waals surface area (Å²) in [6.45, 7) is 2.61. The topological polar surface area (TPSA) is 104 Å². The van der Waals surface area contributed by atoms with E-state index in [0.717, 1.165) is 48.2 Å². The third-order valence-electron chi connectivity index (χ3n) is 6.60. The average molecular weight is 548 g/mol. The van der Waals surface area contributed by atoms with Gasteiger partial charge in [0.15, 0.2) is 5.78 Å². The highest BCUT2D eigenvalue weighted by atomic mass is 35.5. The Hall–Kier alpha value is -2.91. The first-order chi connectivity index (χ1) is 17.5. The van der Waals surface area contributed by atoms with Crippen molar-refractivity contribution < 1.29 is 22.8 Å². The molecule has 2 aromatic rings. The van der Waals surface area contributed by atoms with Gasteiger partial charge >= 0.3 is 0 Å². The highest BCUT2D eigenvalue weighted by Crippen LogP contribution is 2.22. The molecule has 0 heterocycles. The summed E-state index contributed by atoms with van der Waals surface area (Å²) in [5, 5.41) is 3.60. The van der Waals surface area contributed by atoms with Gasteiger partial charge in [-0.2, -0.15) is 0 Å². The zero-order chi connectivity index (χ0) is 27.2. The van der Waals surface area contributed by atoms with E-state index in [1.165, 1.54) is 24.0 Å². The Kier molecular flexibility index (Phi) is 9.73. The summed E-state index contributed by atoms with van der Waals surface area (Å²) in [4.78, 5) is 40.1. The summed E-state index contributed by atoms with van der Waals surface area (Å²) in [6, 6.07) is 12.3. The third-order valence-corrected chi connectivity index (χ3v) is 8.00. The molecule has 1 fully saturated rings. The van der Waals surface area contributed by atoms with Crippen LogP contribution in [0.3, 0.4) is 0 Å². The lowest BCUT2D eigenvalue weighted by Crippen LogP contribution is -2.53. The number of hydrogen-bond donors (Lipinski definition) is 1. The van der Waals surface area contributed by atoms with Gasteiger partial charge in [0.1, 0.15) is 12.6 Å². The highest BCUT2D eigenvalue weighted by Gasteiger charge is 2.31. The Bertz CT molecular complexity index is 1230. The Morgan fingerprint density at radius 2 is 1.70 bits per heavy atom. The molecule has 1 atom stereocenters. The van der Waals surface area contributed by atoms with Crippen LogP contribution in [0.4, 0.5) is 5.69 Å². The minimum Gasteiger partial charge on any atom is -0.352 e.